The third-order valence-electron chi connectivity index (χ3n) is 3.47. The van der Waals surface area contributed by atoms with E-state index in [2.05, 4.69) is 49.0 Å². The largest absolute Gasteiger partial charge is 0.369 e. The first-order chi connectivity index (χ1) is 9.62. The summed E-state index contributed by atoms with van der Waals surface area (Å²) in [5.74, 6) is 1.09. The fourth-order valence-electron chi connectivity index (χ4n) is 2.07. The molecule has 0 aromatic carbocycles. The summed E-state index contributed by atoms with van der Waals surface area (Å²) >= 11 is 0. The first-order valence-electron chi connectivity index (χ1n) is 7.49. The van der Waals surface area contributed by atoms with Crippen molar-refractivity contribution in [2.45, 2.75) is 40.0 Å². The first-order valence-corrected chi connectivity index (χ1v) is 7.49. The van der Waals surface area contributed by atoms with E-state index >= 15 is 0 Å². The Kier molecular flexibility index (Phi) is 7.03. The van der Waals surface area contributed by atoms with Gasteiger partial charge in [-0.25, -0.2) is 4.98 Å². The van der Waals surface area contributed by atoms with Crippen molar-refractivity contribution >= 4 is 5.82 Å². The topological polar surface area (TPSA) is 52.0 Å². The van der Waals surface area contributed by atoms with Gasteiger partial charge >= 0.3 is 0 Å². The highest BCUT2D eigenvalue weighted by Crippen LogP contribution is 2.18. The van der Waals surface area contributed by atoms with Gasteiger partial charge in [-0.1, -0.05) is 27.7 Å². The van der Waals surface area contributed by atoms with Gasteiger partial charge in [0, 0.05) is 12.2 Å². The molecule has 0 aliphatic heterocycles. The van der Waals surface area contributed by atoms with E-state index in [9.17, 15) is 0 Å². The number of aromatic nitrogens is 1. The van der Waals surface area contributed by atoms with Crippen molar-refractivity contribution < 1.29 is 0 Å². The van der Waals surface area contributed by atoms with Gasteiger partial charge in [0.1, 0.15) is 11.9 Å². The van der Waals surface area contributed by atoms with Crippen LogP contribution in [0.2, 0.25) is 0 Å². The van der Waals surface area contributed by atoms with Crippen molar-refractivity contribution in [3.8, 4) is 6.07 Å². The van der Waals surface area contributed by atoms with E-state index in [0.717, 1.165) is 44.1 Å². The lowest BCUT2D eigenvalue weighted by Crippen LogP contribution is -2.25. The number of nitrogens with one attached hydrogen (secondary N) is 1. The molecule has 0 amide bonds. The first kappa shape index (κ1) is 16.5. The minimum absolute atomic E-state index is 0.374. The normalized spacial score (nSPS) is 10.8. The summed E-state index contributed by atoms with van der Waals surface area (Å²) in [5, 5.41) is 12.4. The molecule has 0 spiro atoms. The van der Waals surface area contributed by atoms with Crippen LogP contribution in [0.25, 0.3) is 0 Å². The molecule has 4 nitrogen and oxygen atoms in total. The van der Waals surface area contributed by atoms with E-state index in [-0.39, 0.29) is 0 Å². The molecule has 4 heteroatoms. The predicted octanol–water partition coefficient (Wildman–Crippen LogP) is 3.22. The average Bonchev–Trinajstić information content (AvgIpc) is 2.47. The number of rotatable bonds is 8. The van der Waals surface area contributed by atoms with Crippen LogP contribution < -0.4 is 5.32 Å². The zero-order valence-electron chi connectivity index (χ0n) is 13.1. The number of hydrogen-bond acceptors (Lipinski definition) is 4. The van der Waals surface area contributed by atoms with Gasteiger partial charge in [0.2, 0.25) is 0 Å². The fourth-order valence-corrected chi connectivity index (χ4v) is 2.07. The predicted molar refractivity (Wildman–Crippen MR) is 83.9 cm³/mol. The van der Waals surface area contributed by atoms with Gasteiger partial charge in [-0.3, -0.25) is 0 Å². The number of pyridine rings is 1. The number of nitriles is 1. The molecule has 0 atom stereocenters. The maximum Gasteiger partial charge on any atom is 0.144 e. The zero-order valence-corrected chi connectivity index (χ0v) is 13.1. The minimum atomic E-state index is 0.374. The second-order valence-corrected chi connectivity index (χ2v) is 5.21. The molecule has 110 valence electrons. The highest BCUT2D eigenvalue weighted by atomic mass is 15.1. The molecule has 1 aromatic rings. The maximum atomic E-state index is 9.13. The summed E-state index contributed by atoms with van der Waals surface area (Å²) in [6.45, 7) is 12.7. The Morgan fingerprint density at radius 1 is 1.30 bits per heavy atom. The molecular weight excluding hydrogens is 248 g/mol. The standard InChI is InChI=1S/C16H26N4/c1-5-20(6-2)11-7-10-18-16-14(12-17)8-9-15(19-16)13(3)4/h8-9,13H,5-7,10-11H2,1-4H3,(H,18,19). The Labute approximate surface area is 122 Å². The number of anilines is 1. The van der Waals surface area contributed by atoms with E-state index in [0.29, 0.717) is 11.5 Å². The molecule has 1 aromatic heterocycles. The van der Waals surface area contributed by atoms with E-state index < -0.39 is 0 Å². The van der Waals surface area contributed by atoms with Crippen molar-refractivity contribution in [1.29, 1.82) is 5.26 Å². The van der Waals surface area contributed by atoms with E-state index in [4.69, 9.17) is 5.26 Å². The molecule has 0 saturated heterocycles. The molecule has 1 heterocycles. The average molecular weight is 274 g/mol. The summed E-state index contributed by atoms with van der Waals surface area (Å²) in [4.78, 5) is 6.95. The van der Waals surface area contributed by atoms with Crippen LogP contribution in [0.5, 0.6) is 0 Å². The Bertz CT molecular complexity index is 444. The Morgan fingerprint density at radius 2 is 2.00 bits per heavy atom. The lowest BCUT2D eigenvalue weighted by atomic mass is 10.1. The highest BCUT2D eigenvalue weighted by Gasteiger charge is 2.07. The van der Waals surface area contributed by atoms with Crippen molar-refractivity contribution in [2.24, 2.45) is 0 Å². The molecule has 0 aliphatic carbocycles. The van der Waals surface area contributed by atoms with E-state index in [1.807, 2.05) is 12.1 Å². The molecule has 0 unspecified atom stereocenters. The summed E-state index contributed by atoms with van der Waals surface area (Å²) in [6, 6.07) is 5.99. The summed E-state index contributed by atoms with van der Waals surface area (Å²) < 4.78 is 0. The van der Waals surface area contributed by atoms with Crippen molar-refractivity contribution in [3.05, 3.63) is 23.4 Å². The van der Waals surface area contributed by atoms with Gasteiger partial charge in [-0.2, -0.15) is 5.26 Å². The Balaban J connectivity index is 2.58. The Hall–Kier alpha value is -1.60. The molecule has 0 saturated carbocycles. The highest BCUT2D eigenvalue weighted by molar-refractivity contribution is 5.52. The summed E-state index contributed by atoms with van der Waals surface area (Å²) in [5.41, 5.74) is 1.65. The molecular formula is C16H26N4. The van der Waals surface area contributed by atoms with Crippen LogP contribution in [0.15, 0.2) is 12.1 Å². The van der Waals surface area contributed by atoms with Crippen LogP contribution in [-0.2, 0) is 0 Å². The van der Waals surface area contributed by atoms with Crippen LogP contribution in [0, 0.1) is 11.3 Å². The van der Waals surface area contributed by atoms with Gasteiger partial charge in [0.05, 0.1) is 5.56 Å². The fraction of sp³-hybridized carbons (Fsp3) is 0.625. The van der Waals surface area contributed by atoms with Gasteiger partial charge in [-0.05, 0) is 44.1 Å². The van der Waals surface area contributed by atoms with Gasteiger partial charge in [-0.15, -0.1) is 0 Å². The van der Waals surface area contributed by atoms with Crippen LogP contribution in [-0.4, -0.2) is 36.1 Å². The van der Waals surface area contributed by atoms with Gasteiger partial charge in [0.15, 0.2) is 0 Å². The van der Waals surface area contributed by atoms with E-state index in [1.165, 1.54) is 0 Å². The molecule has 0 bridgehead atoms. The lowest BCUT2D eigenvalue weighted by molar-refractivity contribution is 0.303. The number of hydrogen-bond donors (Lipinski definition) is 1. The smallest absolute Gasteiger partial charge is 0.144 e. The minimum Gasteiger partial charge on any atom is -0.369 e. The zero-order chi connectivity index (χ0) is 15.0. The molecule has 0 fully saturated rings. The maximum absolute atomic E-state index is 9.13. The van der Waals surface area contributed by atoms with Gasteiger partial charge in [0.25, 0.3) is 0 Å². The van der Waals surface area contributed by atoms with Crippen LogP contribution in [0.1, 0.15) is 51.3 Å². The molecule has 1 N–H and O–H groups in total. The van der Waals surface area contributed by atoms with Crippen molar-refractivity contribution in [1.82, 2.24) is 9.88 Å². The SMILES string of the molecule is CCN(CC)CCCNc1nc(C(C)C)ccc1C#N. The third-order valence-corrected chi connectivity index (χ3v) is 3.47. The molecule has 20 heavy (non-hydrogen) atoms. The summed E-state index contributed by atoms with van der Waals surface area (Å²) in [6.07, 6.45) is 1.06. The monoisotopic (exact) mass is 274 g/mol. The lowest BCUT2D eigenvalue weighted by Gasteiger charge is -2.18. The second-order valence-electron chi connectivity index (χ2n) is 5.21. The van der Waals surface area contributed by atoms with Gasteiger partial charge < -0.3 is 10.2 Å². The van der Waals surface area contributed by atoms with Crippen molar-refractivity contribution in [2.75, 3.05) is 31.5 Å². The third kappa shape index (κ3) is 4.82. The molecule has 0 radical (unpaired) electrons. The quantitative estimate of drug-likeness (QED) is 0.739. The van der Waals surface area contributed by atoms with Crippen LogP contribution in [0.3, 0.4) is 0 Å². The second kappa shape index (κ2) is 8.55. The number of nitrogens with zero attached hydrogens (tertiary/aromatic N) is 3. The summed E-state index contributed by atoms with van der Waals surface area (Å²) in [7, 11) is 0. The van der Waals surface area contributed by atoms with Crippen LogP contribution >= 0.6 is 0 Å². The molecule has 1 rings (SSSR count). The molecule has 0 aliphatic rings. The van der Waals surface area contributed by atoms with E-state index in [1.54, 1.807) is 0 Å². The van der Waals surface area contributed by atoms with Crippen molar-refractivity contribution in [3.63, 3.8) is 0 Å². The Morgan fingerprint density at radius 3 is 2.55 bits per heavy atom. The van der Waals surface area contributed by atoms with Crippen LogP contribution in [0.4, 0.5) is 5.82 Å².